The fourth-order valence-electron chi connectivity index (χ4n) is 1.70. The lowest BCUT2D eigenvalue weighted by Gasteiger charge is -2.11. The number of aromatic nitrogens is 1. The van der Waals surface area contributed by atoms with Gasteiger partial charge in [0.15, 0.2) is 0 Å². The maximum atomic E-state index is 12.1. The number of anilines is 1. The van der Waals surface area contributed by atoms with E-state index in [2.05, 4.69) is 21.4 Å². The summed E-state index contributed by atoms with van der Waals surface area (Å²) in [5.74, 6) is -0.184. The molecule has 0 fully saturated rings. The number of carbonyl (C=O) groups is 1. The molecule has 1 aromatic carbocycles. The van der Waals surface area contributed by atoms with Crippen LogP contribution < -0.4 is 11.2 Å². The van der Waals surface area contributed by atoms with Crippen molar-refractivity contribution in [3.05, 3.63) is 51.8 Å². The molecule has 5 heteroatoms. The quantitative estimate of drug-likeness (QED) is 0.838. The van der Waals surface area contributed by atoms with Gasteiger partial charge in [-0.1, -0.05) is 0 Å². The normalized spacial score (nSPS) is 10.4. The van der Waals surface area contributed by atoms with E-state index < -0.39 is 0 Å². The molecule has 0 aliphatic heterocycles. The lowest BCUT2D eigenvalue weighted by molar-refractivity contribution is 0.101. The maximum Gasteiger partial charge on any atom is 0.270 e. The number of carbonyl (C=O) groups excluding carboxylic acids is 1. The molecule has 94 valence electrons. The van der Waals surface area contributed by atoms with Gasteiger partial charge in [-0.3, -0.25) is 14.9 Å². The summed E-state index contributed by atoms with van der Waals surface area (Å²) in [5, 5.41) is 0. The SMILES string of the molecule is Cc1ccc(C)n1NC(=O)c1ccc(Br)c(N)c1. The molecule has 4 nitrogen and oxygen atoms in total. The van der Waals surface area contributed by atoms with Crippen molar-refractivity contribution >= 4 is 27.5 Å². The molecule has 18 heavy (non-hydrogen) atoms. The number of hydrogen-bond acceptors (Lipinski definition) is 2. The van der Waals surface area contributed by atoms with Crippen LogP contribution >= 0.6 is 15.9 Å². The molecule has 0 bridgehead atoms. The minimum absolute atomic E-state index is 0.184. The van der Waals surface area contributed by atoms with Crippen molar-refractivity contribution < 1.29 is 4.79 Å². The first kappa shape index (κ1) is 12.7. The van der Waals surface area contributed by atoms with E-state index in [1.165, 1.54) is 0 Å². The molecule has 0 saturated heterocycles. The minimum atomic E-state index is -0.184. The summed E-state index contributed by atoms with van der Waals surface area (Å²) >= 11 is 3.30. The molecule has 0 aliphatic rings. The largest absolute Gasteiger partial charge is 0.398 e. The van der Waals surface area contributed by atoms with Crippen molar-refractivity contribution in [2.45, 2.75) is 13.8 Å². The zero-order chi connectivity index (χ0) is 13.3. The van der Waals surface area contributed by atoms with Crippen LogP contribution in [0.15, 0.2) is 34.8 Å². The maximum absolute atomic E-state index is 12.1. The average Bonchev–Trinajstić information content (AvgIpc) is 2.64. The number of halogens is 1. The molecule has 0 unspecified atom stereocenters. The van der Waals surface area contributed by atoms with Gasteiger partial charge < -0.3 is 5.73 Å². The van der Waals surface area contributed by atoms with Crippen molar-refractivity contribution in [2.75, 3.05) is 11.2 Å². The summed E-state index contributed by atoms with van der Waals surface area (Å²) in [4.78, 5) is 12.1. The smallest absolute Gasteiger partial charge is 0.270 e. The third-order valence-electron chi connectivity index (χ3n) is 2.74. The third kappa shape index (κ3) is 2.41. The summed E-state index contributed by atoms with van der Waals surface area (Å²) in [6.07, 6.45) is 0. The van der Waals surface area contributed by atoms with Gasteiger partial charge in [-0.2, -0.15) is 0 Å². The van der Waals surface area contributed by atoms with E-state index >= 15 is 0 Å². The highest BCUT2D eigenvalue weighted by molar-refractivity contribution is 9.10. The molecule has 2 rings (SSSR count). The van der Waals surface area contributed by atoms with Crippen LogP contribution in [-0.4, -0.2) is 10.6 Å². The van der Waals surface area contributed by atoms with E-state index in [9.17, 15) is 4.79 Å². The van der Waals surface area contributed by atoms with Crippen LogP contribution in [0.3, 0.4) is 0 Å². The predicted molar refractivity (Wildman–Crippen MR) is 76.2 cm³/mol. The lowest BCUT2D eigenvalue weighted by atomic mass is 10.2. The standard InChI is InChI=1S/C13H14BrN3O/c1-8-3-4-9(2)17(8)16-13(18)10-5-6-11(14)12(15)7-10/h3-7H,15H2,1-2H3,(H,16,18). The Morgan fingerprint density at radius 2 is 1.83 bits per heavy atom. The zero-order valence-corrected chi connectivity index (χ0v) is 11.8. The number of benzene rings is 1. The Balaban J connectivity index is 2.25. The van der Waals surface area contributed by atoms with Gasteiger partial charge in [0.1, 0.15) is 0 Å². The van der Waals surface area contributed by atoms with Crippen molar-refractivity contribution in [3.8, 4) is 0 Å². The monoisotopic (exact) mass is 307 g/mol. The second-order valence-electron chi connectivity index (χ2n) is 4.13. The molecule has 0 spiro atoms. The van der Waals surface area contributed by atoms with Crippen molar-refractivity contribution in [1.29, 1.82) is 0 Å². The van der Waals surface area contributed by atoms with Crippen LogP contribution in [0.4, 0.5) is 5.69 Å². The molecule has 0 radical (unpaired) electrons. The topological polar surface area (TPSA) is 60.0 Å². The molecule has 1 aromatic heterocycles. The van der Waals surface area contributed by atoms with Gasteiger partial charge in [-0.05, 0) is 60.1 Å². The lowest BCUT2D eigenvalue weighted by Crippen LogP contribution is -2.24. The highest BCUT2D eigenvalue weighted by atomic mass is 79.9. The highest BCUT2D eigenvalue weighted by Crippen LogP contribution is 2.20. The van der Waals surface area contributed by atoms with Crippen molar-refractivity contribution in [1.82, 2.24) is 4.68 Å². The second-order valence-corrected chi connectivity index (χ2v) is 4.98. The molecule has 3 N–H and O–H groups in total. The van der Waals surface area contributed by atoms with E-state index in [0.29, 0.717) is 11.3 Å². The first-order valence-electron chi connectivity index (χ1n) is 5.50. The van der Waals surface area contributed by atoms with Gasteiger partial charge in [0.05, 0.1) is 0 Å². The molecular weight excluding hydrogens is 294 g/mol. The minimum Gasteiger partial charge on any atom is -0.398 e. The van der Waals surface area contributed by atoms with Crippen LogP contribution in [0.1, 0.15) is 21.7 Å². The van der Waals surface area contributed by atoms with Crippen molar-refractivity contribution in [3.63, 3.8) is 0 Å². The zero-order valence-electron chi connectivity index (χ0n) is 10.2. The summed E-state index contributed by atoms with van der Waals surface area (Å²) in [7, 11) is 0. The molecule has 0 saturated carbocycles. The van der Waals surface area contributed by atoms with E-state index in [1.807, 2.05) is 26.0 Å². The average molecular weight is 308 g/mol. The summed E-state index contributed by atoms with van der Waals surface area (Å²) in [5.41, 5.74) is 11.6. The van der Waals surface area contributed by atoms with Gasteiger partial charge in [-0.25, -0.2) is 0 Å². The first-order chi connectivity index (χ1) is 8.49. The fourth-order valence-corrected chi connectivity index (χ4v) is 1.94. The van der Waals surface area contributed by atoms with Gasteiger partial charge in [0, 0.05) is 27.1 Å². The number of aryl methyl sites for hydroxylation is 2. The van der Waals surface area contributed by atoms with E-state index in [0.717, 1.165) is 15.9 Å². The Kier molecular flexibility index (Phi) is 3.43. The Labute approximate surface area is 114 Å². The van der Waals surface area contributed by atoms with E-state index in [4.69, 9.17) is 5.73 Å². The Morgan fingerprint density at radius 1 is 1.22 bits per heavy atom. The van der Waals surface area contributed by atoms with Gasteiger partial charge in [0.2, 0.25) is 0 Å². The van der Waals surface area contributed by atoms with Crippen LogP contribution in [0.5, 0.6) is 0 Å². The van der Waals surface area contributed by atoms with Gasteiger partial charge in [0.25, 0.3) is 5.91 Å². The summed E-state index contributed by atoms with van der Waals surface area (Å²) < 4.78 is 2.54. The molecule has 1 heterocycles. The second kappa shape index (κ2) is 4.86. The van der Waals surface area contributed by atoms with Gasteiger partial charge in [-0.15, -0.1) is 0 Å². The van der Waals surface area contributed by atoms with Gasteiger partial charge >= 0.3 is 0 Å². The summed E-state index contributed by atoms with van der Waals surface area (Å²) in [6.45, 7) is 3.87. The third-order valence-corrected chi connectivity index (χ3v) is 3.46. The number of nitrogens with two attached hydrogens (primary N) is 1. The molecule has 1 amide bonds. The van der Waals surface area contributed by atoms with Crippen LogP contribution in [0, 0.1) is 13.8 Å². The highest BCUT2D eigenvalue weighted by Gasteiger charge is 2.09. The first-order valence-corrected chi connectivity index (χ1v) is 6.29. The van der Waals surface area contributed by atoms with Crippen LogP contribution in [-0.2, 0) is 0 Å². The summed E-state index contributed by atoms with van der Waals surface area (Å²) in [6, 6.07) is 9.04. The molecular formula is C13H14BrN3O. The molecule has 0 aliphatic carbocycles. The number of hydrogen-bond donors (Lipinski definition) is 2. The van der Waals surface area contributed by atoms with E-state index in [1.54, 1.807) is 22.9 Å². The Morgan fingerprint density at radius 3 is 2.39 bits per heavy atom. The van der Waals surface area contributed by atoms with Crippen LogP contribution in [0.2, 0.25) is 0 Å². The predicted octanol–water partition coefficient (Wildman–Crippen LogP) is 2.83. The number of rotatable bonds is 2. The van der Waals surface area contributed by atoms with Crippen molar-refractivity contribution in [2.24, 2.45) is 0 Å². The Hall–Kier alpha value is -1.75. The van der Waals surface area contributed by atoms with Crippen LogP contribution in [0.25, 0.3) is 0 Å². The molecule has 2 aromatic rings. The number of amides is 1. The molecule has 0 atom stereocenters. The fraction of sp³-hybridized carbons (Fsp3) is 0.154. The number of nitrogen functional groups attached to an aromatic ring is 1. The van der Waals surface area contributed by atoms with E-state index in [-0.39, 0.29) is 5.91 Å². The number of nitrogens with zero attached hydrogens (tertiary/aromatic N) is 1. The Bertz CT molecular complexity index is 585. The number of nitrogens with one attached hydrogen (secondary N) is 1.